The topological polar surface area (TPSA) is 63.6 Å². The second-order valence-electron chi connectivity index (χ2n) is 3.74. The van der Waals surface area contributed by atoms with Crippen LogP contribution in [0.2, 0.25) is 0 Å². The molecule has 84 valence electrons. The van der Waals surface area contributed by atoms with Crippen LogP contribution in [0.5, 0.6) is 0 Å². The summed E-state index contributed by atoms with van der Waals surface area (Å²) in [4.78, 5) is 14.8. The van der Waals surface area contributed by atoms with Gasteiger partial charge in [0.1, 0.15) is 12.1 Å². The first-order valence-corrected chi connectivity index (χ1v) is 5.29. The summed E-state index contributed by atoms with van der Waals surface area (Å²) in [5.74, 6) is -0.00865. The zero-order valence-electron chi connectivity index (χ0n) is 9.00. The number of nitrogens with one attached hydrogen (secondary N) is 1. The molecule has 5 nitrogen and oxygen atoms in total. The van der Waals surface area contributed by atoms with E-state index in [9.17, 15) is 4.79 Å². The van der Waals surface area contributed by atoms with Crippen molar-refractivity contribution in [1.29, 1.82) is 0 Å². The Morgan fingerprint density at radius 2 is 2.12 bits per heavy atom. The minimum atomic E-state index is -0.00865. The largest absolute Gasteiger partial charge is 0.359 e. The molecule has 3 aromatic rings. The van der Waals surface area contributed by atoms with Crippen molar-refractivity contribution in [1.82, 2.24) is 20.0 Å². The Morgan fingerprint density at radius 1 is 1.24 bits per heavy atom. The third-order valence-electron chi connectivity index (χ3n) is 2.61. The van der Waals surface area contributed by atoms with E-state index < -0.39 is 0 Å². The zero-order valence-corrected chi connectivity index (χ0v) is 9.00. The molecule has 0 atom stereocenters. The lowest BCUT2D eigenvalue weighted by molar-refractivity contribution is 0.0964. The molecule has 17 heavy (non-hydrogen) atoms. The molecule has 0 saturated heterocycles. The lowest BCUT2D eigenvalue weighted by atomic mass is 10.2. The van der Waals surface area contributed by atoms with E-state index in [0.29, 0.717) is 5.69 Å². The van der Waals surface area contributed by atoms with Gasteiger partial charge in [-0.15, -0.1) is 5.10 Å². The first-order chi connectivity index (χ1) is 8.34. The van der Waals surface area contributed by atoms with Gasteiger partial charge in [-0.25, -0.2) is 4.68 Å². The molecule has 0 fully saturated rings. The summed E-state index contributed by atoms with van der Waals surface area (Å²) in [5.41, 5.74) is 2.25. The normalized spacial score (nSPS) is 10.8. The van der Waals surface area contributed by atoms with Crippen molar-refractivity contribution in [2.75, 3.05) is 0 Å². The summed E-state index contributed by atoms with van der Waals surface area (Å²) in [5, 5.41) is 7.98. The summed E-state index contributed by atoms with van der Waals surface area (Å²) >= 11 is 0. The number of ketones is 1. The number of para-hydroxylation sites is 1. The maximum atomic E-state index is 11.9. The van der Waals surface area contributed by atoms with Crippen molar-refractivity contribution in [2.45, 2.75) is 6.54 Å². The number of hydrogen-bond acceptors (Lipinski definition) is 3. The predicted molar refractivity (Wildman–Crippen MR) is 62.7 cm³/mol. The number of aromatic nitrogens is 4. The molecule has 0 aliphatic carbocycles. The van der Waals surface area contributed by atoms with E-state index in [-0.39, 0.29) is 12.3 Å². The number of fused-ring (bicyclic) bond motifs is 1. The van der Waals surface area contributed by atoms with Gasteiger partial charge in [-0.2, -0.15) is 0 Å². The average Bonchev–Trinajstić information content (AvgIpc) is 2.98. The van der Waals surface area contributed by atoms with E-state index in [2.05, 4.69) is 15.3 Å². The molecule has 0 amide bonds. The smallest absolute Gasteiger partial charge is 0.200 e. The minimum Gasteiger partial charge on any atom is -0.359 e. The summed E-state index contributed by atoms with van der Waals surface area (Å²) < 4.78 is 1.61. The molecule has 2 aromatic heterocycles. The van der Waals surface area contributed by atoms with Crippen LogP contribution in [0.3, 0.4) is 0 Å². The first-order valence-electron chi connectivity index (χ1n) is 5.29. The second kappa shape index (κ2) is 3.86. The fraction of sp³-hybridized carbons (Fsp3) is 0.0833. The molecule has 5 heteroatoms. The summed E-state index contributed by atoms with van der Waals surface area (Å²) in [6.45, 7) is 0.195. The maximum Gasteiger partial charge on any atom is 0.200 e. The van der Waals surface area contributed by atoms with Gasteiger partial charge >= 0.3 is 0 Å². The Hall–Kier alpha value is -2.43. The van der Waals surface area contributed by atoms with Crippen LogP contribution in [0.25, 0.3) is 11.0 Å². The maximum absolute atomic E-state index is 11.9. The van der Waals surface area contributed by atoms with Crippen molar-refractivity contribution in [3.8, 4) is 0 Å². The van der Waals surface area contributed by atoms with Crippen LogP contribution in [0.15, 0.2) is 42.6 Å². The molecular formula is C12H10N4O. The second-order valence-corrected chi connectivity index (χ2v) is 3.74. The summed E-state index contributed by atoms with van der Waals surface area (Å²) in [6.07, 6.45) is 1.73. The fourth-order valence-electron chi connectivity index (χ4n) is 1.76. The molecule has 0 unspecified atom stereocenters. The van der Waals surface area contributed by atoms with E-state index in [0.717, 1.165) is 11.0 Å². The quantitative estimate of drug-likeness (QED) is 0.690. The van der Waals surface area contributed by atoms with Crippen molar-refractivity contribution in [3.63, 3.8) is 0 Å². The lowest BCUT2D eigenvalue weighted by Gasteiger charge is -1.99. The number of rotatable bonds is 3. The number of carbonyl (C=O) groups is 1. The molecule has 0 aliphatic heterocycles. The van der Waals surface area contributed by atoms with Gasteiger partial charge in [-0.3, -0.25) is 4.79 Å². The molecule has 1 aromatic carbocycles. The molecule has 0 bridgehead atoms. The van der Waals surface area contributed by atoms with Gasteiger partial charge in [0, 0.05) is 6.20 Å². The van der Waals surface area contributed by atoms with Crippen molar-refractivity contribution >= 4 is 16.8 Å². The number of benzene rings is 1. The Bertz CT molecular complexity index is 654. The van der Waals surface area contributed by atoms with E-state index >= 15 is 0 Å². The van der Waals surface area contributed by atoms with Crippen molar-refractivity contribution in [3.05, 3.63) is 48.3 Å². The van der Waals surface area contributed by atoms with Crippen molar-refractivity contribution in [2.24, 2.45) is 0 Å². The molecule has 3 rings (SSSR count). The van der Waals surface area contributed by atoms with Crippen LogP contribution in [0.1, 0.15) is 10.5 Å². The SMILES string of the molecule is O=C(Cn1nnc2ccccc21)c1ccc[nH]1. The summed E-state index contributed by atoms with van der Waals surface area (Å²) in [6, 6.07) is 11.1. The Morgan fingerprint density at radius 3 is 2.94 bits per heavy atom. The summed E-state index contributed by atoms with van der Waals surface area (Å²) in [7, 11) is 0. The number of hydrogen-bond donors (Lipinski definition) is 1. The molecule has 0 radical (unpaired) electrons. The van der Waals surface area contributed by atoms with E-state index in [4.69, 9.17) is 0 Å². The van der Waals surface area contributed by atoms with Gasteiger partial charge in [0.25, 0.3) is 0 Å². The Labute approximate surface area is 97.1 Å². The third-order valence-corrected chi connectivity index (χ3v) is 2.61. The van der Waals surface area contributed by atoms with E-state index in [1.165, 1.54) is 0 Å². The number of H-pyrrole nitrogens is 1. The molecular weight excluding hydrogens is 216 g/mol. The third kappa shape index (κ3) is 1.71. The van der Waals surface area contributed by atoms with Crippen LogP contribution in [-0.2, 0) is 6.54 Å². The van der Waals surface area contributed by atoms with Gasteiger partial charge in [-0.1, -0.05) is 17.3 Å². The van der Waals surface area contributed by atoms with Crippen LogP contribution < -0.4 is 0 Å². The molecule has 0 aliphatic rings. The number of aromatic amines is 1. The van der Waals surface area contributed by atoms with Crippen LogP contribution in [-0.4, -0.2) is 25.8 Å². The highest BCUT2D eigenvalue weighted by Crippen LogP contribution is 2.10. The van der Waals surface area contributed by atoms with Crippen LogP contribution in [0, 0.1) is 0 Å². The number of nitrogens with zero attached hydrogens (tertiary/aromatic N) is 3. The highest BCUT2D eigenvalue weighted by Gasteiger charge is 2.10. The van der Waals surface area contributed by atoms with Gasteiger partial charge < -0.3 is 4.98 Å². The fourth-order valence-corrected chi connectivity index (χ4v) is 1.76. The lowest BCUT2D eigenvalue weighted by Crippen LogP contribution is -2.12. The monoisotopic (exact) mass is 226 g/mol. The zero-order chi connectivity index (χ0) is 11.7. The molecule has 0 spiro atoms. The van der Waals surface area contributed by atoms with E-state index in [1.54, 1.807) is 23.0 Å². The van der Waals surface area contributed by atoms with Crippen LogP contribution >= 0.6 is 0 Å². The Kier molecular flexibility index (Phi) is 2.22. The highest BCUT2D eigenvalue weighted by molar-refractivity contribution is 5.94. The first kappa shape index (κ1) is 9.77. The van der Waals surface area contributed by atoms with Crippen LogP contribution in [0.4, 0.5) is 0 Å². The number of carbonyl (C=O) groups excluding carboxylic acids is 1. The molecule has 2 heterocycles. The van der Waals surface area contributed by atoms with E-state index in [1.807, 2.05) is 24.3 Å². The average molecular weight is 226 g/mol. The minimum absolute atomic E-state index is 0.00865. The van der Waals surface area contributed by atoms with Gasteiger partial charge in [0.05, 0.1) is 11.2 Å². The van der Waals surface area contributed by atoms with Gasteiger partial charge in [0.2, 0.25) is 0 Å². The highest BCUT2D eigenvalue weighted by atomic mass is 16.1. The Balaban J connectivity index is 1.93. The van der Waals surface area contributed by atoms with Crippen molar-refractivity contribution < 1.29 is 4.79 Å². The number of Topliss-reactive ketones (excluding diaryl/α,β-unsaturated/α-hetero) is 1. The standard InChI is InChI=1S/C12H10N4O/c17-12(10-5-3-7-13-10)8-16-11-6-2-1-4-9(11)14-15-16/h1-7,13H,8H2. The predicted octanol–water partition coefficient (Wildman–Crippen LogP) is 1.64. The van der Waals surface area contributed by atoms with Gasteiger partial charge in [0.15, 0.2) is 5.78 Å². The molecule has 0 saturated carbocycles. The molecule has 1 N–H and O–H groups in total. The van der Waals surface area contributed by atoms with Gasteiger partial charge in [-0.05, 0) is 24.3 Å².